The van der Waals surface area contributed by atoms with E-state index in [9.17, 15) is 4.79 Å². The van der Waals surface area contributed by atoms with Gasteiger partial charge < -0.3 is 11.2 Å². The molecule has 0 aliphatic rings. The van der Waals surface area contributed by atoms with Gasteiger partial charge in [0.15, 0.2) is 11.0 Å². The lowest BCUT2D eigenvalue weighted by molar-refractivity contribution is -0.113. The Labute approximate surface area is 118 Å². The molecule has 1 amide bonds. The lowest BCUT2D eigenvalue weighted by Gasteiger charge is -2.05. The number of nitrogens with one attached hydrogen (secondary N) is 1. The zero-order chi connectivity index (χ0) is 13.8. The molecule has 0 aromatic carbocycles. The number of hydrogen-bond donors (Lipinski definition) is 2. The Kier molecular flexibility index (Phi) is 4.38. The molecule has 7 nitrogen and oxygen atoms in total. The van der Waals surface area contributed by atoms with Crippen molar-refractivity contribution in [1.82, 2.24) is 19.9 Å². The quantitative estimate of drug-likeness (QED) is 0.637. The van der Waals surface area contributed by atoms with E-state index in [0.29, 0.717) is 16.1 Å². The Balaban J connectivity index is 1.90. The zero-order valence-corrected chi connectivity index (χ0v) is 12.2. The molecule has 9 heteroatoms. The average Bonchev–Trinajstić information content (AvgIpc) is 2.96. The molecule has 2 aromatic heterocycles. The summed E-state index contributed by atoms with van der Waals surface area (Å²) in [5.41, 5.74) is 0. The first kappa shape index (κ1) is 13.8. The number of anilines is 1. The first-order valence-electron chi connectivity index (χ1n) is 5.60. The summed E-state index contributed by atoms with van der Waals surface area (Å²) in [7, 11) is 0. The van der Waals surface area contributed by atoms with Gasteiger partial charge in [-0.05, 0) is 0 Å². The molecule has 2 heterocycles. The van der Waals surface area contributed by atoms with Crippen molar-refractivity contribution in [3.05, 3.63) is 17.4 Å². The molecule has 0 saturated carbocycles. The second-order valence-corrected chi connectivity index (χ2v) is 5.88. The number of nitrogens with zero attached hydrogens (tertiary/aromatic N) is 4. The van der Waals surface area contributed by atoms with E-state index in [0.717, 1.165) is 0 Å². The number of rotatable bonds is 5. The van der Waals surface area contributed by atoms with Gasteiger partial charge in [-0.2, -0.15) is 0 Å². The Bertz CT molecular complexity index is 550. The normalized spacial score (nSPS) is 10.9. The van der Waals surface area contributed by atoms with Gasteiger partial charge in [-0.25, -0.2) is 9.66 Å². The van der Waals surface area contributed by atoms with Crippen LogP contribution in [0.5, 0.6) is 0 Å². The molecule has 0 spiro atoms. The van der Waals surface area contributed by atoms with E-state index >= 15 is 0 Å². The third kappa shape index (κ3) is 3.44. The second-order valence-electron chi connectivity index (χ2n) is 4.04. The summed E-state index contributed by atoms with van der Waals surface area (Å²) in [6.07, 6.45) is 1.64. The highest BCUT2D eigenvalue weighted by atomic mass is 32.2. The summed E-state index contributed by atoms with van der Waals surface area (Å²) in [4.78, 5) is 15.6. The van der Waals surface area contributed by atoms with Crippen molar-refractivity contribution in [2.45, 2.75) is 24.9 Å². The van der Waals surface area contributed by atoms with Crippen LogP contribution in [0, 0.1) is 0 Å². The third-order valence-electron chi connectivity index (χ3n) is 2.22. The van der Waals surface area contributed by atoms with E-state index < -0.39 is 0 Å². The Morgan fingerprint density at radius 2 is 2.37 bits per heavy atom. The Hall–Kier alpha value is -1.61. The standard InChI is InChI=1S/C10H14N6OS2/c1-6(2)8-14-15-10(16(8)11)19-5-7(17)13-9-12-3-4-18-9/h3-4,6H,5,11H2,1-2H3,(H,12,13,17). The van der Waals surface area contributed by atoms with Crippen LogP contribution in [0.1, 0.15) is 25.6 Å². The minimum Gasteiger partial charge on any atom is -0.336 e. The fourth-order valence-electron chi connectivity index (χ4n) is 1.35. The van der Waals surface area contributed by atoms with Crippen molar-refractivity contribution < 1.29 is 4.79 Å². The number of thioether (sulfide) groups is 1. The predicted molar refractivity (Wildman–Crippen MR) is 75.7 cm³/mol. The largest absolute Gasteiger partial charge is 0.336 e. The summed E-state index contributed by atoms with van der Waals surface area (Å²) >= 11 is 2.62. The number of hydrogen-bond acceptors (Lipinski definition) is 7. The van der Waals surface area contributed by atoms with Gasteiger partial charge in [0, 0.05) is 17.5 Å². The predicted octanol–water partition coefficient (Wildman–Crippen LogP) is 1.30. The summed E-state index contributed by atoms with van der Waals surface area (Å²) < 4.78 is 1.42. The topological polar surface area (TPSA) is 98.7 Å². The molecule has 0 saturated heterocycles. The molecule has 0 aliphatic carbocycles. The lowest BCUT2D eigenvalue weighted by Crippen LogP contribution is -2.17. The van der Waals surface area contributed by atoms with Gasteiger partial charge in [-0.1, -0.05) is 25.6 Å². The van der Waals surface area contributed by atoms with E-state index in [1.165, 1.54) is 27.8 Å². The molecule has 0 aliphatic heterocycles. The molecule has 3 N–H and O–H groups in total. The van der Waals surface area contributed by atoms with E-state index in [1.54, 1.807) is 11.6 Å². The van der Waals surface area contributed by atoms with Crippen LogP contribution in [-0.4, -0.2) is 31.5 Å². The van der Waals surface area contributed by atoms with E-state index in [-0.39, 0.29) is 17.6 Å². The van der Waals surface area contributed by atoms with Crippen molar-refractivity contribution in [3.8, 4) is 0 Å². The van der Waals surface area contributed by atoms with E-state index in [2.05, 4.69) is 20.5 Å². The highest BCUT2D eigenvalue weighted by molar-refractivity contribution is 7.99. The zero-order valence-electron chi connectivity index (χ0n) is 10.5. The maximum Gasteiger partial charge on any atom is 0.236 e. The molecular weight excluding hydrogens is 284 g/mol. The second kappa shape index (κ2) is 6.02. The van der Waals surface area contributed by atoms with Crippen molar-refractivity contribution in [2.24, 2.45) is 0 Å². The number of nitrogen functional groups attached to an aromatic ring is 1. The molecular formula is C10H14N6OS2. The molecule has 0 bridgehead atoms. The number of thiazole rings is 1. The first-order chi connectivity index (χ1) is 9.08. The first-order valence-corrected chi connectivity index (χ1v) is 7.47. The summed E-state index contributed by atoms with van der Waals surface area (Å²) in [5, 5.41) is 13.6. The molecule has 19 heavy (non-hydrogen) atoms. The van der Waals surface area contributed by atoms with Crippen LogP contribution in [0.2, 0.25) is 0 Å². The summed E-state index contributed by atoms with van der Waals surface area (Å²) in [6, 6.07) is 0. The van der Waals surface area contributed by atoms with Gasteiger partial charge in [0.25, 0.3) is 0 Å². The highest BCUT2D eigenvalue weighted by Crippen LogP contribution is 2.19. The number of nitrogens with two attached hydrogens (primary N) is 1. The summed E-state index contributed by atoms with van der Waals surface area (Å²) in [6.45, 7) is 3.97. The van der Waals surface area contributed by atoms with Crippen LogP contribution in [0.25, 0.3) is 0 Å². The van der Waals surface area contributed by atoms with Gasteiger partial charge in [0.2, 0.25) is 11.1 Å². The highest BCUT2D eigenvalue weighted by Gasteiger charge is 2.14. The molecule has 2 rings (SSSR count). The SMILES string of the molecule is CC(C)c1nnc(SCC(=O)Nc2nccs2)n1N. The summed E-state index contributed by atoms with van der Waals surface area (Å²) in [5.74, 6) is 6.81. The van der Waals surface area contributed by atoms with Crippen molar-refractivity contribution in [1.29, 1.82) is 0 Å². The molecule has 2 aromatic rings. The fourth-order valence-corrected chi connectivity index (χ4v) is 2.56. The third-order valence-corrected chi connectivity index (χ3v) is 3.85. The lowest BCUT2D eigenvalue weighted by atomic mass is 10.2. The number of aromatic nitrogens is 4. The van der Waals surface area contributed by atoms with Crippen molar-refractivity contribution in [2.75, 3.05) is 16.9 Å². The van der Waals surface area contributed by atoms with Crippen molar-refractivity contribution >= 4 is 34.1 Å². The van der Waals surface area contributed by atoms with E-state index in [4.69, 9.17) is 5.84 Å². The molecule has 102 valence electrons. The van der Waals surface area contributed by atoms with Crippen molar-refractivity contribution in [3.63, 3.8) is 0 Å². The van der Waals surface area contributed by atoms with Crippen LogP contribution >= 0.6 is 23.1 Å². The monoisotopic (exact) mass is 298 g/mol. The van der Waals surface area contributed by atoms with Crippen LogP contribution in [0.4, 0.5) is 5.13 Å². The van der Waals surface area contributed by atoms with Crippen LogP contribution in [-0.2, 0) is 4.79 Å². The van der Waals surface area contributed by atoms with Crippen LogP contribution in [0.15, 0.2) is 16.7 Å². The van der Waals surface area contributed by atoms with E-state index in [1.807, 2.05) is 13.8 Å². The molecule has 0 radical (unpaired) electrons. The number of amides is 1. The number of carbonyl (C=O) groups is 1. The maximum atomic E-state index is 11.7. The minimum absolute atomic E-state index is 0.144. The molecule has 0 atom stereocenters. The number of carbonyl (C=O) groups excluding carboxylic acids is 1. The fraction of sp³-hybridized carbons (Fsp3) is 0.400. The Morgan fingerprint density at radius 3 is 2.95 bits per heavy atom. The molecule has 0 unspecified atom stereocenters. The minimum atomic E-state index is -0.144. The van der Waals surface area contributed by atoms with Gasteiger partial charge in [0.1, 0.15) is 0 Å². The van der Waals surface area contributed by atoms with Gasteiger partial charge in [0.05, 0.1) is 5.75 Å². The van der Waals surface area contributed by atoms with Gasteiger partial charge in [-0.15, -0.1) is 21.5 Å². The Morgan fingerprint density at radius 1 is 1.58 bits per heavy atom. The molecule has 0 fully saturated rings. The van der Waals surface area contributed by atoms with Gasteiger partial charge in [-0.3, -0.25) is 4.79 Å². The maximum absolute atomic E-state index is 11.7. The van der Waals surface area contributed by atoms with Crippen LogP contribution in [0.3, 0.4) is 0 Å². The average molecular weight is 298 g/mol. The van der Waals surface area contributed by atoms with Gasteiger partial charge >= 0.3 is 0 Å². The van der Waals surface area contributed by atoms with Crippen LogP contribution < -0.4 is 11.2 Å². The smallest absolute Gasteiger partial charge is 0.236 e.